The molecule has 0 radical (unpaired) electrons. The molecule has 0 saturated carbocycles. The fourth-order valence-electron chi connectivity index (χ4n) is 4.70. The number of rotatable bonds is 7. The largest absolute Gasteiger partial charge is 0.497 e. The summed E-state index contributed by atoms with van der Waals surface area (Å²) >= 11 is 0. The third-order valence-corrected chi connectivity index (χ3v) is 6.51. The maximum Gasteiger partial charge on any atom is 0.321 e. The highest BCUT2D eigenvalue weighted by atomic mass is 16.5. The van der Waals surface area contributed by atoms with Crippen LogP contribution in [-0.2, 0) is 11.3 Å². The van der Waals surface area contributed by atoms with Gasteiger partial charge in [0.15, 0.2) is 0 Å². The van der Waals surface area contributed by atoms with Crippen molar-refractivity contribution in [2.24, 2.45) is 0 Å². The van der Waals surface area contributed by atoms with Crippen LogP contribution < -0.4 is 15.4 Å². The molecule has 7 nitrogen and oxygen atoms in total. The molecule has 180 valence electrons. The summed E-state index contributed by atoms with van der Waals surface area (Å²) in [5.41, 5.74) is 4.48. The third-order valence-electron chi connectivity index (χ3n) is 6.51. The molecule has 0 unspecified atom stereocenters. The Morgan fingerprint density at radius 3 is 2.56 bits per heavy atom. The second-order valence-corrected chi connectivity index (χ2v) is 8.65. The monoisotopic (exact) mass is 479 g/mol. The first-order valence-electron chi connectivity index (χ1n) is 11.6. The summed E-state index contributed by atoms with van der Waals surface area (Å²) in [7, 11) is 1.56. The predicted molar refractivity (Wildman–Crippen MR) is 138 cm³/mol. The van der Waals surface area contributed by atoms with Crippen LogP contribution in [0.15, 0.2) is 84.9 Å². The quantitative estimate of drug-likeness (QED) is 0.377. The summed E-state index contributed by atoms with van der Waals surface area (Å²) in [6, 6.07) is 26.6. The van der Waals surface area contributed by atoms with E-state index in [2.05, 4.69) is 34.9 Å². The fourth-order valence-corrected chi connectivity index (χ4v) is 4.70. The second kappa shape index (κ2) is 9.92. The Kier molecular flexibility index (Phi) is 6.36. The van der Waals surface area contributed by atoms with Crippen LogP contribution in [0.3, 0.4) is 0 Å². The third kappa shape index (κ3) is 4.51. The number of fused-ring (bicyclic) bond motifs is 2. The van der Waals surface area contributed by atoms with E-state index in [9.17, 15) is 14.4 Å². The molecular weight excluding hydrogens is 454 g/mol. The fraction of sp³-hybridized carbons (Fsp3) is 0.138. The van der Waals surface area contributed by atoms with Crippen molar-refractivity contribution in [1.29, 1.82) is 0 Å². The van der Waals surface area contributed by atoms with Crippen molar-refractivity contribution >= 4 is 29.1 Å². The molecule has 4 aromatic carbocycles. The van der Waals surface area contributed by atoms with Crippen LogP contribution in [0.4, 0.5) is 4.79 Å². The molecule has 7 heteroatoms. The average molecular weight is 480 g/mol. The summed E-state index contributed by atoms with van der Waals surface area (Å²) in [6.45, 7) is 0.676. The molecule has 1 aliphatic rings. The SMILES string of the molecule is COc1ccc2c(c1)C(=O)N(C[C@H](NC(=O)NC=O)c1ccc(-c3cccc4ccccc34)cc1)C2. The summed E-state index contributed by atoms with van der Waals surface area (Å²) in [4.78, 5) is 37.8. The van der Waals surface area contributed by atoms with Gasteiger partial charge >= 0.3 is 6.03 Å². The Labute approximate surface area is 208 Å². The smallest absolute Gasteiger partial charge is 0.321 e. The predicted octanol–water partition coefficient (Wildman–Crippen LogP) is 4.67. The summed E-state index contributed by atoms with van der Waals surface area (Å²) in [5.74, 6) is 0.492. The zero-order valence-corrected chi connectivity index (χ0v) is 19.7. The van der Waals surface area contributed by atoms with Crippen molar-refractivity contribution in [3.63, 3.8) is 0 Å². The number of carbonyl (C=O) groups is 3. The first-order valence-corrected chi connectivity index (χ1v) is 11.6. The van der Waals surface area contributed by atoms with Crippen molar-refractivity contribution in [2.45, 2.75) is 12.6 Å². The van der Waals surface area contributed by atoms with Gasteiger partial charge in [-0.25, -0.2) is 4.79 Å². The highest BCUT2D eigenvalue weighted by Gasteiger charge is 2.30. The topological polar surface area (TPSA) is 87.7 Å². The van der Waals surface area contributed by atoms with E-state index in [1.165, 1.54) is 0 Å². The maximum atomic E-state index is 13.1. The van der Waals surface area contributed by atoms with Crippen LogP contribution in [0.5, 0.6) is 5.75 Å². The average Bonchev–Trinajstić information content (AvgIpc) is 3.22. The van der Waals surface area contributed by atoms with Crippen LogP contribution in [0.2, 0.25) is 0 Å². The molecule has 0 saturated heterocycles. The Bertz CT molecular complexity index is 1440. The van der Waals surface area contributed by atoms with E-state index in [1.807, 2.05) is 54.6 Å². The lowest BCUT2D eigenvalue weighted by Gasteiger charge is -2.25. The summed E-state index contributed by atoms with van der Waals surface area (Å²) in [6.07, 6.45) is 0.332. The number of hydrogen-bond donors (Lipinski definition) is 2. The number of nitrogens with one attached hydrogen (secondary N) is 2. The number of hydrogen-bond acceptors (Lipinski definition) is 4. The Hall–Kier alpha value is -4.65. The van der Waals surface area contributed by atoms with E-state index >= 15 is 0 Å². The molecule has 2 N–H and O–H groups in total. The van der Waals surface area contributed by atoms with Crippen molar-refractivity contribution < 1.29 is 19.1 Å². The van der Waals surface area contributed by atoms with E-state index in [0.717, 1.165) is 33.0 Å². The van der Waals surface area contributed by atoms with Crippen molar-refractivity contribution in [2.75, 3.05) is 13.7 Å². The molecule has 1 heterocycles. The molecule has 0 fully saturated rings. The Morgan fingerprint density at radius 2 is 1.78 bits per heavy atom. The van der Waals surface area contributed by atoms with Crippen molar-refractivity contribution in [3.05, 3.63) is 102 Å². The zero-order chi connectivity index (χ0) is 25.1. The van der Waals surface area contributed by atoms with Gasteiger partial charge in [0, 0.05) is 18.7 Å². The van der Waals surface area contributed by atoms with E-state index in [4.69, 9.17) is 4.74 Å². The van der Waals surface area contributed by atoms with Crippen LogP contribution in [-0.4, -0.2) is 36.9 Å². The number of ether oxygens (including phenoxy) is 1. The van der Waals surface area contributed by atoms with Crippen LogP contribution in [0.25, 0.3) is 21.9 Å². The van der Waals surface area contributed by atoms with Gasteiger partial charge < -0.3 is 15.0 Å². The van der Waals surface area contributed by atoms with Crippen LogP contribution in [0.1, 0.15) is 27.5 Å². The van der Waals surface area contributed by atoms with Crippen molar-refractivity contribution in [3.8, 4) is 16.9 Å². The van der Waals surface area contributed by atoms with Gasteiger partial charge in [-0.3, -0.25) is 14.9 Å². The standard InChI is InChI=1S/C29H25N3O4/c1-36-23-14-13-22-16-32(28(34)26(22)15-23)17-27(31-29(35)30-18-33)21-11-9-20(10-12-21)25-8-4-6-19-5-2-3-7-24(19)25/h2-15,18,27H,16-17H2,1H3,(H2,30,31,33,35)/t27-/m0/s1. The van der Waals surface area contributed by atoms with Crippen LogP contribution >= 0.6 is 0 Å². The molecule has 1 atom stereocenters. The van der Waals surface area contributed by atoms with Gasteiger partial charge in [0.05, 0.1) is 13.2 Å². The first-order chi connectivity index (χ1) is 17.6. The van der Waals surface area contributed by atoms with Gasteiger partial charge in [-0.05, 0) is 45.2 Å². The van der Waals surface area contributed by atoms with E-state index in [-0.39, 0.29) is 12.5 Å². The minimum atomic E-state index is -0.626. The second-order valence-electron chi connectivity index (χ2n) is 8.65. The molecule has 0 bridgehead atoms. The molecule has 4 aromatic rings. The minimum absolute atomic E-state index is 0.126. The number of nitrogens with zero attached hydrogens (tertiary/aromatic N) is 1. The van der Waals surface area contributed by atoms with Gasteiger partial charge in [-0.1, -0.05) is 72.8 Å². The first kappa shape index (κ1) is 23.1. The molecule has 0 aromatic heterocycles. The van der Waals surface area contributed by atoms with E-state index in [1.54, 1.807) is 18.1 Å². The highest BCUT2D eigenvalue weighted by Crippen LogP contribution is 2.31. The summed E-state index contributed by atoms with van der Waals surface area (Å²) < 4.78 is 5.26. The molecule has 36 heavy (non-hydrogen) atoms. The lowest BCUT2D eigenvalue weighted by Crippen LogP contribution is -2.42. The molecule has 1 aliphatic heterocycles. The number of benzene rings is 4. The molecule has 0 spiro atoms. The molecular formula is C29H25N3O4. The Balaban J connectivity index is 1.42. The van der Waals surface area contributed by atoms with E-state index < -0.39 is 12.1 Å². The maximum absolute atomic E-state index is 13.1. The number of urea groups is 1. The van der Waals surface area contributed by atoms with E-state index in [0.29, 0.717) is 24.3 Å². The van der Waals surface area contributed by atoms with Gasteiger partial charge in [-0.15, -0.1) is 0 Å². The van der Waals surface area contributed by atoms with Gasteiger partial charge in [0.1, 0.15) is 5.75 Å². The molecule has 0 aliphatic carbocycles. The lowest BCUT2D eigenvalue weighted by molar-refractivity contribution is -0.108. The number of amides is 4. The highest BCUT2D eigenvalue weighted by molar-refractivity contribution is 5.99. The number of carbonyl (C=O) groups excluding carboxylic acids is 3. The van der Waals surface area contributed by atoms with Crippen LogP contribution in [0, 0.1) is 0 Å². The van der Waals surface area contributed by atoms with Crippen molar-refractivity contribution in [1.82, 2.24) is 15.5 Å². The molecule has 5 rings (SSSR count). The number of imide groups is 1. The summed E-state index contributed by atoms with van der Waals surface area (Å²) in [5, 5.41) is 7.26. The minimum Gasteiger partial charge on any atom is -0.497 e. The molecule has 4 amide bonds. The van der Waals surface area contributed by atoms with Gasteiger partial charge in [0.25, 0.3) is 5.91 Å². The Morgan fingerprint density at radius 1 is 1.00 bits per heavy atom. The van der Waals surface area contributed by atoms with Gasteiger partial charge in [0.2, 0.25) is 6.41 Å². The van der Waals surface area contributed by atoms with Gasteiger partial charge in [-0.2, -0.15) is 0 Å². The lowest BCUT2D eigenvalue weighted by atomic mass is 9.96. The zero-order valence-electron chi connectivity index (χ0n) is 19.7. The number of methoxy groups -OCH3 is 1. The normalized spacial score (nSPS) is 13.2.